The van der Waals surface area contributed by atoms with Crippen LogP contribution in [0, 0.1) is 6.92 Å². The van der Waals surface area contributed by atoms with Crippen LogP contribution < -0.4 is 15.4 Å². The molecule has 0 bridgehead atoms. The Morgan fingerprint density at radius 2 is 2.26 bits per heavy atom. The number of pyridine rings is 1. The molecule has 2 N–H and O–H groups in total. The number of aromatic nitrogens is 1. The number of rotatable bonds is 3. The summed E-state index contributed by atoms with van der Waals surface area (Å²) in [6, 6.07) is 9.46. The van der Waals surface area contributed by atoms with Gasteiger partial charge >= 0.3 is 6.03 Å². The zero-order valence-electron chi connectivity index (χ0n) is 12.8. The van der Waals surface area contributed by atoms with Gasteiger partial charge in [0.1, 0.15) is 5.75 Å². The lowest BCUT2D eigenvalue weighted by atomic mass is 10.0. The summed E-state index contributed by atoms with van der Waals surface area (Å²) < 4.78 is 6.59. The minimum Gasteiger partial charge on any atom is -0.492 e. The molecule has 0 fully saturated rings. The summed E-state index contributed by atoms with van der Waals surface area (Å²) in [6.07, 6.45) is 2.50. The van der Waals surface area contributed by atoms with Gasteiger partial charge in [0.15, 0.2) is 0 Å². The zero-order chi connectivity index (χ0) is 16.2. The lowest BCUT2D eigenvalue weighted by Crippen LogP contribution is -2.39. The molecular formula is C17H18BrN3O2. The number of amides is 2. The number of hydrogen-bond acceptors (Lipinski definition) is 3. The van der Waals surface area contributed by atoms with Gasteiger partial charge in [-0.1, -0.05) is 18.2 Å². The SMILES string of the molecule is Cc1ncccc1CNC(=O)NC1CCOc2c(Br)cccc21. The first kappa shape index (κ1) is 15.8. The molecule has 2 heterocycles. The van der Waals surface area contributed by atoms with E-state index in [0.29, 0.717) is 13.2 Å². The normalized spacial score (nSPS) is 16.2. The van der Waals surface area contributed by atoms with Crippen LogP contribution in [0.3, 0.4) is 0 Å². The average Bonchev–Trinajstić information content (AvgIpc) is 2.55. The summed E-state index contributed by atoms with van der Waals surface area (Å²) >= 11 is 3.48. The Morgan fingerprint density at radius 1 is 1.39 bits per heavy atom. The lowest BCUT2D eigenvalue weighted by Gasteiger charge is -2.27. The van der Waals surface area contributed by atoms with E-state index in [1.54, 1.807) is 6.20 Å². The van der Waals surface area contributed by atoms with E-state index < -0.39 is 0 Å². The number of carbonyl (C=O) groups excluding carboxylic acids is 1. The number of hydrogen-bond donors (Lipinski definition) is 2. The van der Waals surface area contributed by atoms with Gasteiger partial charge in [-0.15, -0.1) is 0 Å². The van der Waals surface area contributed by atoms with Crippen molar-refractivity contribution in [3.8, 4) is 5.75 Å². The molecule has 1 atom stereocenters. The second-order valence-corrected chi connectivity index (χ2v) is 6.28. The average molecular weight is 376 g/mol. The van der Waals surface area contributed by atoms with Crippen molar-refractivity contribution in [2.45, 2.75) is 25.9 Å². The molecule has 0 aliphatic carbocycles. The topological polar surface area (TPSA) is 63.2 Å². The third-order valence-electron chi connectivity index (χ3n) is 3.89. The Labute approximate surface area is 143 Å². The van der Waals surface area contributed by atoms with E-state index >= 15 is 0 Å². The standard InChI is InChI=1S/C17H18BrN3O2/c1-11-12(4-3-8-19-11)10-20-17(22)21-15-7-9-23-16-13(15)5-2-6-14(16)18/h2-6,8,15H,7,9-10H2,1H3,(H2,20,21,22). The molecule has 6 heteroatoms. The van der Waals surface area contributed by atoms with Crippen molar-refractivity contribution in [3.05, 3.63) is 57.8 Å². The fraction of sp³-hybridized carbons (Fsp3) is 0.294. The Balaban J connectivity index is 1.63. The van der Waals surface area contributed by atoms with Crippen molar-refractivity contribution in [2.24, 2.45) is 0 Å². The van der Waals surface area contributed by atoms with Crippen molar-refractivity contribution < 1.29 is 9.53 Å². The molecule has 23 heavy (non-hydrogen) atoms. The van der Waals surface area contributed by atoms with E-state index in [4.69, 9.17) is 4.74 Å². The maximum atomic E-state index is 12.2. The highest BCUT2D eigenvalue weighted by Crippen LogP contribution is 2.37. The minimum atomic E-state index is -0.189. The van der Waals surface area contributed by atoms with E-state index in [9.17, 15) is 4.79 Å². The Hall–Kier alpha value is -2.08. The summed E-state index contributed by atoms with van der Waals surface area (Å²) in [4.78, 5) is 16.4. The summed E-state index contributed by atoms with van der Waals surface area (Å²) in [5, 5.41) is 5.91. The molecule has 1 aromatic heterocycles. The third kappa shape index (κ3) is 3.64. The van der Waals surface area contributed by atoms with Crippen molar-refractivity contribution in [3.63, 3.8) is 0 Å². The van der Waals surface area contributed by atoms with E-state index in [2.05, 4.69) is 31.5 Å². The summed E-state index contributed by atoms with van der Waals surface area (Å²) in [5.41, 5.74) is 2.93. The lowest BCUT2D eigenvalue weighted by molar-refractivity contribution is 0.222. The minimum absolute atomic E-state index is 0.0498. The van der Waals surface area contributed by atoms with E-state index in [-0.39, 0.29) is 12.1 Å². The summed E-state index contributed by atoms with van der Waals surface area (Å²) in [6.45, 7) is 2.98. The molecule has 1 aromatic carbocycles. The van der Waals surface area contributed by atoms with Gasteiger partial charge < -0.3 is 15.4 Å². The predicted molar refractivity (Wildman–Crippen MR) is 91.3 cm³/mol. The number of urea groups is 1. The molecule has 0 radical (unpaired) electrons. The number of aryl methyl sites for hydroxylation is 1. The number of benzene rings is 1. The highest BCUT2D eigenvalue weighted by atomic mass is 79.9. The third-order valence-corrected chi connectivity index (χ3v) is 4.51. The molecular weight excluding hydrogens is 358 g/mol. The highest BCUT2D eigenvalue weighted by Gasteiger charge is 2.24. The van der Waals surface area contributed by atoms with Crippen LogP contribution in [0.5, 0.6) is 5.75 Å². The van der Waals surface area contributed by atoms with Gasteiger partial charge in [0.05, 0.1) is 17.1 Å². The number of nitrogens with one attached hydrogen (secondary N) is 2. The largest absolute Gasteiger partial charge is 0.492 e. The highest BCUT2D eigenvalue weighted by molar-refractivity contribution is 9.10. The molecule has 5 nitrogen and oxygen atoms in total. The maximum absolute atomic E-state index is 12.2. The molecule has 0 saturated heterocycles. The van der Waals surface area contributed by atoms with Crippen LogP contribution in [0.1, 0.15) is 29.3 Å². The van der Waals surface area contributed by atoms with Crippen LogP contribution >= 0.6 is 15.9 Å². The fourth-order valence-electron chi connectivity index (χ4n) is 2.63. The zero-order valence-corrected chi connectivity index (χ0v) is 14.4. The van der Waals surface area contributed by atoms with Crippen LogP contribution in [-0.4, -0.2) is 17.6 Å². The smallest absolute Gasteiger partial charge is 0.315 e. The van der Waals surface area contributed by atoms with E-state index in [1.165, 1.54) is 0 Å². The van der Waals surface area contributed by atoms with Gasteiger partial charge in [0, 0.05) is 30.4 Å². The second kappa shape index (κ2) is 7.00. The van der Waals surface area contributed by atoms with Crippen molar-refractivity contribution >= 4 is 22.0 Å². The van der Waals surface area contributed by atoms with Crippen LogP contribution in [0.2, 0.25) is 0 Å². The predicted octanol–water partition coefficient (Wildman–Crippen LogP) is 3.48. The number of carbonyl (C=O) groups is 1. The molecule has 3 rings (SSSR count). The maximum Gasteiger partial charge on any atom is 0.315 e. The van der Waals surface area contributed by atoms with Crippen LogP contribution in [0.15, 0.2) is 41.0 Å². The summed E-state index contributed by atoms with van der Waals surface area (Å²) in [5.74, 6) is 0.812. The second-order valence-electron chi connectivity index (χ2n) is 5.42. The van der Waals surface area contributed by atoms with Gasteiger partial charge in [0.2, 0.25) is 0 Å². The first-order valence-corrected chi connectivity index (χ1v) is 8.30. The first-order chi connectivity index (χ1) is 11.1. The van der Waals surface area contributed by atoms with Gasteiger partial charge in [-0.25, -0.2) is 4.79 Å². The van der Waals surface area contributed by atoms with Crippen molar-refractivity contribution in [1.82, 2.24) is 15.6 Å². The van der Waals surface area contributed by atoms with E-state index in [0.717, 1.165) is 33.5 Å². The Bertz CT molecular complexity index is 721. The van der Waals surface area contributed by atoms with Crippen molar-refractivity contribution in [1.29, 1.82) is 0 Å². The first-order valence-electron chi connectivity index (χ1n) is 7.51. The molecule has 0 saturated carbocycles. The molecule has 0 spiro atoms. The van der Waals surface area contributed by atoms with Gasteiger partial charge in [-0.2, -0.15) is 0 Å². The molecule has 120 valence electrons. The van der Waals surface area contributed by atoms with E-state index in [1.807, 2.05) is 37.3 Å². The van der Waals surface area contributed by atoms with Crippen LogP contribution in [0.4, 0.5) is 4.79 Å². The number of fused-ring (bicyclic) bond motifs is 1. The molecule has 2 amide bonds. The quantitative estimate of drug-likeness (QED) is 0.862. The van der Waals surface area contributed by atoms with Gasteiger partial charge in [0.25, 0.3) is 0 Å². The van der Waals surface area contributed by atoms with Gasteiger partial charge in [-0.3, -0.25) is 4.98 Å². The van der Waals surface area contributed by atoms with Gasteiger partial charge in [-0.05, 0) is 40.5 Å². The monoisotopic (exact) mass is 375 g/mol. The number of para-hydroxylation sites is 1. The molecule has 1 unspecified atom stereocenters. The number of nitrogens with zero attached hydrogens (tertiary/aromatic N) is 1. The van der Waals surface area contributed by atoms with Crippen LogP contribution in [0.25, 0.3) is 0 Å². The molecule has 1 aliphatic heterocycles. The Kier molecular flexibility index (Phi) is 4.81. The summed E-state index contributed by atoms with van der Waals surface area (Å²) in [7, 11) is 0. The molecule has 1 aliphatic rings. The fourth-order valence-corrected chi connectivity index (χ4v) is 3.12. The number of ether oxygens (including phenoxy) is 1. The Morgan fingerprint density at radius 3 is 3.09 bits per heavy atom. The van der Waals surface area contributed by atoms with Crippen molar-refractivity contribution in [2.75, 3.05) is 6.61 Å². The molecule has 2 aromatic rings. The van der Waals surface area contributed by atoms with Crippen LogP contribution in [-0.2, 0) is 6.54 Å². The number of halogens is 1.